The SMILES string of the molecule is CCN(CC)c1ccc2c(c1)OC(=O)N(c1ccc(Cl)c(Cl)c1)P2(=Nc1ccc([N+](=O)[O-])cc1)N(CC)CC. The van der Waals surface area contributed by atoms with Crippen molar-refractivity contribution in [3.63, 3.8) is 0 Å². The minimum absolute atomic E-state index is 0.0437. The lowest BCUT2D eigenvalue weighted by Crippen LogP contribution is -2.46. The molecule has 1 atom stereocenters. The van der Waals surface area contributed by atoms with Crippen molar-refractivity contribution in [3.05, 3.63) is 80.8 Å². The predicted molar refractivity (Wildman–Crippen MR) is 160 cm³/mol. The monoisotopic (exact) mass is 589 g/mol. The molecule has 206 valence electrons. The Balaban J connectivity index is 2.09. The summed E-state index contributed by atoms with van der Waals surface area (Å²) in [5.74, 6) is 0.437. The third-order valence-electron chi connectivity index (χ3n) is 6.63. The van der Waals surface area contributed by atoms with E-state index in [0.717, 1.165) is 24.1 Å². The molecule has 3 aromatic carbocycles. The quantitative estimate of drug-likeness (QED) is 0.142. The number of non-ortho nitro benzene ring substituents is 1. The molecule has 39 heavy (non-hydrogen) atoms. The van der Waals surface area contributed by atoms with Crippen molar-refractivity contribution in [1.82, 2.24) is 4.67 Å². The third-order valence-corrected chi connectivity index (χ3v) is 11.2. The van der Waals surface area contributed by atoms with E-state index in [0.29, 0.717) is 35.2 Å². The van der Waals surface area contributed by atoms with Gasteiger partial charge >= 0.3 is 6.09 Å². The molecule has 9 nitrogen and oxygen atoms in total. The fourth-order valence-electron chi connectivity index (χ4n) is 4.72. The molecule has 1 unspecified atom stereocenters. The molecule has 1 heterocycles. The van der Waals surface area contributed by atoms with E-state index >= 15 is 0 Å². The number of nitro groups is 1. The van der Waals surface area contributed by atoms with E-state index in [-0.39, 0.29) is 10.7 Å². The Hall–Kier alpha value is -3.10. The molecule has 0 aliphatic carbocycles. The van der Waals surface area contributed by atoms with Gasteiger partial charge in [-0.15, -0.1) is 0 Å². The summed E-state index contributed by atoms with van der Waals surface area (Å²) in [6, 6.07) is 16.9. The zero-order valence-corrected chi connectivity index (χ0v) is 24.6. The summed E-state index contributed by atoms with van der Waals surface area (Å²) in [7, 11) is -3.11. The number of nitrogens with zero attached hydrogens (tertiary/aromatic N) is 5. The number of hydrogen-bond donors (Lipinski definition) is 0. The molecule has 0 aromatic heterocycles. The number of hydrogen-bond acceptors (Lipinski definition) is 6. The van der Waals surface area contributed by atoms with Gasteiger partial charge in [0.05, 0.1) is 31.6 Å². The van der Waals surface area contributed by atoms with Crippen molar-refractivity contribution in [2.24, 2.45) is 4.74 Å². The van der Waals surface area contributed by atoms with Crippen LogP contribution in [-0.2, 0) is 0 Å². The average Bonchev–Trinajstić information content (AvgIpc) is 2.92. The maximum absolute atomic E-state index is 13.9. The normalized spacial score (nSPS) is 16.6. The van der Waals surface area contributed by atoms with Crippen LogP contribution in [0.1, 0.15) is 27.7 Å². The number of rotatable bonds is 9. The summed E-state index contributed by atoms with van der Waals surface area (Å²) in [6.45, 7) is 10.9. The number of carbonyl (C=O) groups excluding carboxylic acids is 1. The highest BCUT2D eigenvalue weighted by molar-refractivity contribution is 7.74. The maximum Gasteiger partial charge on any atom is 0.425 e. The fraction of sp³-hybridized carbons (Fsp3) is 0.296. The van der Waals surface area contributed by atoms with E-state index in [1.807, 2.05) is 32.0 Å². The van der Waals surface area contributed by atoms with Crippen molar-refractivity contribution < 1.29 is 14.5 Å². The van der Waals surface area contributed by atoms with Crippen molar-refractivity contribution in [2.75, 3.05) is 35.7 Å². The van der Waals surface area contributed by atoms with Gasteiger partial charge in [0.2, 0.25) is 0 Å². The molecule has 0 spiro atoms. The van der Waals surface area contributed by atoms with Crippen LogP contribution >= 0.6 is 30.6 Å². The molecule has 1 amide bonds. The van der Waals surface area contributed by atoms with Crippen LogP contribution in [0.3, 0.4) is 0 Å². The van der Waals surface area contributed by atoms with E-state index in [9.17, 15) is 14.9 Å². The molecular formula is C27H30Cl2N5O4P. The second-order valence-corrected chi connectivity index (χ2v) is 12.3. The molecule has 1 aliphatic heterocycles. The lowest BCUT2D eigenvalue weighted by molar-refractivity contribution is -0.384. The van der Waals surface area contributed by atoms with E-state index in [1.54, 1.807) is 35.0 Å². The Morgan fingerprint density at radius 1 is 0.923 bits per heavy atom. The Morgan fingerprint density at radius 2 is 1.59 bits per heavy atom. The van der Waals surface area contributed by atoms with Gasteiger partial charge in [0, 0.05) is 50.1 Å². The van der Waals surface area contributed by atoms with Crippen LogP contribution in [0, 0.1) is 10.1 Å². The van der Waals surface area contributed by atoms with E-state index in [1.165, 1.54) is 12.1 Å². The molecule has 0 radical (unpaired) electrons. The standard InChI is InChI=1S/C27H30Cl2N5O4P/c1-5-31(6-2)21-14-16-26-25(18-21)38-27(35)33(22-13-15-23(28)24(29)17-22)39(26,32(7-3)8-4)30-19-9-11-20(12-10-19)34(36)37/h9-18H,5-8H2,1-4H3. The van der Waals surface area contributed by atoms with Gasteiger partial charge in [-0.3, -0.25) is 10.1 Å². The van der Waals surface area contributed by atoms with Crippen molar-refractivity contribution >= 4 is 64.7 Å². The summed E-state index contributed by atoms with van der Waals surface area (Å²) in [6.07, 6.45) is -0.594. The molecule has 0 bridgehead atoms. The van der Waals surface area contributed by atoms with Crippen LogP contribution < -0.4 is 19.6 Å². The minimum Gasteiger partial charge on any atom is -0.409 e. The number of carbonyl (C=O) groups is 1. The van der Waals surface area contributed by atoms with Crippen LogP contribution in [0.25, 0.3) is 0 Å². The van der Waals surface area contributed by atoms with Gasteiger partial charge < -0.3 is 9.64 Å². The van der Waals surface area contributed by atoms with Gasteiger partial charge in [0.1, 0.15) is 5.75 Å². The number of amides is 1. The summed E-state index contributed by atoms with van der Waals surface area (Å²) in [4.78, 5) is 26.9. The van der Waals surface area contributed by atoms with Crippen LogP contribution in [0.4, 0.5) is 27.5 Å². The lowest BCUT2D eigenvalue weighted by atomic mass is 10.2. The van der Waals surface area contributed by atoms with Crippen molar-refractivity contribution in [3.8, 4) is 5.75 Å². The number of ether oxygens (including phenoxy) is 1. The molecule has 0 N–H and O–H groups in total. The highest BCUT2D eigenvalue weighted by atomic mass is 35.5. The van der Waals surface area contributed by atoms with Gasteiger partial charge in [0.25, 0.3) is 5.69 Å². The van der Waals surface area contributed by atoms with Crippen LogP contribution in [0.15, 0.2) is 65.4 Å². The number of anilines is 2. The molecule has 0 saturated carbocycles. The Kier molecular flexibility index (Phi) is 8.86. The molecule has 4 rings (SSSR count). The Labute approximate surface area is 238 Å². The van der Waals surface area contributed by atoms with E-state index in [4.69, 9.17) is 32.7 Å². The zero-order valence-electron chi connectivity index (χ0n) is 22.2. The van der Waals surface area contributed by atoms with Crippen LogP contribution in [-0.4, -0.2) is 41.9 Å². The smallest absolute Gasteiger partial charge is 0.409 e. The number of benzene rings is 3. The molecule has 0 saturated heterocycles. The van der Waals surface area contributed by atoms with Crippen LogP contribution in [0.2, 0.25) is 10.0 Å². The lowest BCUT2D eigenvalue weighted by Gasteiger charge is -2.45. The predicted octanol–water partition coefficient (Wildman–Crippen LogP) is 8.10. The van der Waals surface area contributed by atoms with Gasteiger partial charge in [-0.25, -0.2) is 18.9 Å². The maximum atomic E-state index is 13.9. The Bertz CT molecular complexity index is 1440. The van der Waals surface area contributed by atoms with Gasteiger partial charge in [-0.1, -0.05) is 37.0 Å². The fourth-order valence-corrected chi connectivity index (χ4v) is 8.75. The summed E-state index contributed by atoms with van der Waals surface area (Å²) < 4.78 is 14.9. The van der Waals surface area contributed by atoms with Crippen molar-refractivity contribution in [2.45, 2.75) is 27.7 Å². The third kappa shape index (κ3) is 5.37. The first-order valence-corrected chi connectivity index (χ1v) is 15.1. The highest BCUT2D eigenvalue weighted by Gasteiger charge is 2.46. The molecule has 3 aromatic rings. The average molecular weight is 590 g/mol. The molecule has 1 aliphatic rings. The van der Waals surface area contributed by atoms with Gasteiger partial charge in [-0.2, -0.15) is 0 Å². The second kappa shape index (κ2) is 12.0. The number of halogens is 2. The number of nitro benzene ring substituents is 1. The molecule has 0 fully saturated rings. The van der Waals surface area contributed by atoms with Crippen molar-refractivity contribution in [1.29, 1.82) is 0 Å². The first kappa shape index (κ1) is 28.9. The number of fused-ring (bicyclic) bond motifs is 1. The van der Waals surface area contributed by atoms with E-state index < -0.39 is 18.4 Å². The van der Waals surface area contributed by atoms with Gasteiger partial charge in [-0.05, 0) is 56.3 Å². The zero-order chi connectivity index (χ0) is 28.3. The highest BCUT2D eigenvalue weighted by Crippen LogP contribution is 2.63. The first-order valence-electron chi connectivity index (χ1n) is 12.7. The second-order valence-electron chi connectivity index (χ2n) is 8.68. The first-order chi connectivity index (χ1) is 18.7. The minimum atomic E-state index is -3.11. The molecular weight excluding hydrogens is 560 g/mol. The topological polar surface area (TPSA) is 91.5 Å². The summed E-state index contributed by atoms with van der Waals surface area (Å²) in [5, 5.41) is 12.7. The summed E-state index contributed by atoms with van der Waals surface area (Å²) in [5.41, 5.74) is 1.87. The Morgan fingerprint density at radius 3 is 2.15 bits per heavy atom. The van der Waals surface area contributed by atoms with Crippen LogP contribution in [0.5, 0.6) is 5.75 Å². The summed E-state index contributed by atoms with van der Waals surface area (Å²) >= 11 is 12.6. The largest absolute Gasteiger partial charge is 0.425 e. The van der Waals surface area contributed by atoms with Gasteiger partial charge in [0.15, 0.2) is 7.36 Å². The molecule has 12 heteroatoms. The van der Waals surface area contributed by atoms with E-state index in [2.05, 4.69) is 23.4 Å².